The summed E-state index contributed by atoms with van der Waals surface area (Å²) < 4.78 is 14.7. The maximum absolute atomic E-state index is 12.1. The number of alkyl halides is 1. The Hall–Kier alpha value is -0.970. The maximum Gasteiger partial charge on any atom is 0.234 e. The van der Waals surface area contributed by atoms with Gasteiger partial charge in [0.05, 0.1) is 11.9 Å². The lowest BCUT2D eigenvalue weighted by molar-refractivity contribution is 0.476. The van der Waals surface area contributed by atoms with Crippen molar-refractivity contribution < 1.29 is 4.39 Å². The van der Waals surface area contributed by atoms with Crippen LogP contribution >= 0.6 is 15.9 Å². The molecule has 0 saturated heterocycles. The van der Waals surface area contributed by atoms with Gasteiger partial charge in [-0.3, -0.25) is 4.40 Å². The number of rotatable bonds is 1. The molecule has 5 heteroatoms. The fourth-order valence-electron chi connectivity index (χ4n) is 0.952. The van der Waals surface area contributed by atoms with Crippen LogP contribution in [0.5, 0.6) is 0 Å². The van der Waals surface area contributed by atoms with Crippen LogP contribution in [0.25, 0.3) is 5.78 Å². The van der Waals surface area contributed by atoms with Crippen molar-refractivity contribution in [3.05, 3.63) is 28.8 Å². The van der Waals surface area contributed by atoms with Crippen molar-refractivity contribution in [3.63, 3.8) is 0 Å². The smallest absolute Gasteiger partial charge is 0.234 e. The van der Waals surface area contributed by atoms with Crippen LogP contribution in [-0.4, -0.2) is 14.4 Å². The van der Waals surface area contributed by atoms with Crippen LogP contribution in [0.1, 0.15) is 5.69 Å². The first-order chi connectivity index (χ1) is 5.81. The molecule has 2 heterocycles. The third kappa shape index (κ3) is 1.10. The Bertz CT molecular complexity index is 412. The molecule has 0 aliphatic heterocycles. The van der Waals surface area contributed by atoms with Gasteiger partial charge >= 0.3 is 0 Å². The summed E-state index contributed by atoms with van der Waals surface area (Å²) in [4.78, 5) is 7.93. The third-order valence-electron chi connectivity index (χ3n) is 1.53. The molecule has 12 heavy (non-hydrogen) atoms. The van der Waals surface area contributed by atoms with E-state index in [1.165, 1.54) is 0 Å². The van der Waals surface area contributed by atoms with Crippen LogP contribution in [0, 0.1) is 0 Å². The zero-order valence-electron chi connectivity index (χ0n) is 6.04. The number of aromatic nitrogens is 3. The lowest BCUT2D eigenvalue weighted by Crippen LogP contribution is -1.92. The molecule has 0 bridgehead atoms. The quantitative estimate of drug-likeness (QED) is 0.749. The first-order valence-electron chi connectivity index (χ1n) is 3.35. The van der Waals surface area contributed by atoms with Gasteiger partial charge in [0.15, 0.2) is 0 Å². The average Bonchev–Trinajstić information content (AvgIpc) is 2.47. The molecular formula is C7H5BrFN3. The summed E-state index contributed by atoms with van der Waals surface area (Å²) in [5.41, 5.74) is 0.403. The number of hydrogen-bond acceptors (Lipinski definition) is 2. The van der Waals surface area contributed by atoms with Crippen molar-refractivity contribution >= 4 is 21.7 Å². The highest BCUT2D eigenvalue weighted by Crippen LogP contribution is 2.11. The Labute approximate surface area is 76.4 Å². The van der Waals surface area contributed by atoms with E-state index in [9.17, 15) is 4.39 Å². The highest BCUT2D eigenvalue weighted by atomic mass is 79.9. The highest BCUT2D eigenvalue weighted by molar-refractivity contribution is 9.10. The Morgan fingerprint density at radius 1 is 1.58 bits per heavy atom. The largest absolute Gasteiger partial charge is 0.278 e. The molecule has 0 aliphatic rings. The number of hydrogen-bond donors (Lipinski definition) is 0. The normalized spacial score (nSPS) is 10.8. The summed E-state index contributed by atoms with van der Waals surface area (Å²) in [6.45, 7) is -0.555. The minimum atomic E-state index is -0.555. The first-order valence-corrected chi connectivity index (χ1v) is 4.15. The van der Waals surface area contributed by atoms with E-state index in [1.807, 2.05) is 0 Å². The molecule has 0 atom stereocenters. The summed E-state index contributed by atoms with van der Waals surface area (Å²) in [6, 6.07) is 1.62. The molecule has 0 aromatic carbocycles. The number of nitrogens with zero attached hydrogens (tertiary/aromatic N) is 3. The second kappa shape index (κ2) is 2.82. The van der Waals surface area contributed by atoms with Crippen LogP contribution in [0.2, 0.25) is 0 Å². The van der Waals surface area contributed by atoms with E-state index in [4.69, 9.17) is 0 Å². The third-order valence-corrected chi connectivity index (χ3v) is 2.12. The van der Waals surface area contributed by atoms with E-state index in [-0.39, 0.29) is 0 Å². The standard InChI is InChI=1S/C7H5BrFN3/c8-6-4-10-7-11-5(3-9)1-2-12(6)7/h1-2,4H,3H2. The van der Waals surface area contributed by atoms with E-state index in [1.54, 1.807) is 22.9 Å². The lowest BCUT2D eigenvalue weighted by Gasteiger charge is -1.95. The number of fused-ring (bicyclic) bond motifs is 1. The van der Waals surface area contributed by atoms with Crippen molar-refractivity contribution in [1.82, 2.24) is 14.4 Å². The van der Waals surface area contributed by atoms with Crippen LogP contribution in [0.15, 0.2) is 23.1 Å². The molecule has 0 unspecified atom stereocenters. The van der Waals surface area contributed by atoms with Crippen molar-refractivity contribution in [2.45, 2.75) is 6.67 Å². The molecule has 2 aromatic rings. The maximum atomic E-state index is 12.1. The Kier molecular flexibility index (Phi) is 1.80. The SMILES string of the molecule is FCc1ccn2c(Br)cnc2n1. The topological polar surface area (TPSA) is 30.2 Å². The van der Waals surface area contributed by atoms with Gasteiger partial charge in [-0.25, -0.2) is 14.4 Å². The van der Waals surface area contributed by atoms with Gasteiger partial charge in [0, 0.05) is 6.20 Å². The second-order valence-corrected chi connectivity index (χ2v) is 3.12. The summed E-state index contributed by atoms with van der Waals surface area (Å²) in [5.74, 6) is 0.511. The minimum absolute atomic E-state index is 0.403. The predicted molar refractivity (Wildman–Crippen MR) is 45.5 cm³/mol. The van der Waals surface area contributed by atoms with Crippen molar-refractivity contribution in [2.75, 3.05) is 0 Å². The van der Waals surface area contributed by atoms with Crippen LogP contribution < -0.4 is 0 Å². The van der Waals surface area contributed by atoms with Gasteiger partial charge in [-0.05, 0) is 22.0 Å². The molecule has 0 amide bonds. The van der Waals surface area contributed by atoms with Crippen LogP contribution in [0.3, 0.4) is 0 Å². The van der Waals surface area contributed by atoms with Gasteiger partial charge < -0.3 is 0 Å². The monoisotopic (exact) mass is 229 g/mol. The molecule has 0 radical (unpaired) electrons. The molecule has 0 saturated carbocycles. The molecule has 2 aromatic heterocycles. The van der Waals surface area contributed by atoms with Gasteiger partial charge in [-0.15, -0.1) is 0 Å². The summed E-state index contributed by atoms with van der Waals surface area (Å²) >= 11 is 3.28. The predicted octanol–water partition coefficient (Wildman–Crippen LogP) is 1.96. The molecule has 0 aliphatic carbocycles. The van der Waals surface area contributed by atoms with E-state index in [0.717, 1.165) is 4.60 Å². The highest BCUT2D eigenvalue weighted by Gasteiger charge is 2.01. The van der Waals surface area contributed by atoms with E-state index in [2.05, 4.69) is 25.9 Å². The average molecular weight is 230 g/mol. The molecule has 0 fully saturated rings. The summed E-state index contributed by atoms with van der Waals surface area (Å²) in [7, 11) is 0. The fourth-order valence-corrected chi connectivity index (χ4v) is 1.33. The van der Waals surface area contributed by atoms with Crippen molar-refractivity contribution in [2.24, 2.45) is 0 Å². The van der Waals surface area contributed by atoms with Crippen molar-refractivity contribution in [1.29, 1.82) is 0 Å². The summed E-state index contributed by atoms with van der Waals surface area (Å²) in [6.07, 6.45) is 3.36. The second-order valence-electron chi connectivity index (χ2n) is 2.30. The van der Waals surface area contributed by atoms with E-state index in [0.29, 0.717) is 11.5 Å². The molecular weight excluding hydrogens is 225 g/mol. The Balaban J connectivity index is 2.69. The zero-order chi connectivity index (χ0) is 8.55. The van der Waals surface area contributed by atoms with Gasteiger partial charge in [0.2, 0.25) is 5.78 Å². The Morgan fingerprint density at radius 3 is 3.17 bits per heavy atom. The first kappa shape index (κ1) is 7.67. The molecule has 0 spiro atoms. The van der Waals surface area contributed by atoms with Crippen LogP contribution in [0.4, 0.5) is 4.39 Å². The van der Waals surface area contributed by atoms with Gasteiger partial charge in [0.25, 0.3) is 0 Å². The summed E-state index contributed by atoms with van der Waals surface area (Å²) in [5, 5.41) is 0. The van der Waals surface area contributed by atoms with E-state index < -0.39 is 6.67 Å². The zero-order valence-corrected chi connectivity index (χ0v) is 7.62. The molecule has 2 rings (SSSR count). The van der Waals surface area contributed by atoms with Gasteiger partial charge in [0.1, 0.15) is 11.3 Å². The number of imidazole rings is 1. The van der Waals surface area contributed by atoms with Gasteiger partial charge in [-0.1, -0.05) is 0 Å². The molecule has 62 valence electrons. The number of halogens is 2. The Morgan fingerprint density at radius 2 is 2.42 bits per heavy atom. The van der Waals surface area contributed by atoms with E-state index >= 15 is 0 Å². The fraction of sp³-hybridized carbons (Fsp3) is 0.143. The van der Waals surface area contributed by atoms with Gasteiger partial charge in [-0.2, -0.15) is 0 Å². The lowest BCUT2D eigenvalue weighted by atomic mass is 10.4. The minimum Gasteiger partial charge on any atom is -0.278 e. The molecule has 0 N–H and O–H groups in total. The molecule has 3 nitrogen and oxygen atoms in total. The van der Waals surface area contributed by atoms with Crippen LogP contribution in [-0.2, 0) is 6.67 Å². The van der Waals surface area contributed by atoms with Crippen molar-refractivity contribution in [3.8, 4) is 0 Å².